The third-order valence-electron chi connectivity index (χ3n) is 2.72. The molecule has 1 aromatic heterocycles. The van der Waals surface area contributed by atoms with Crippen molar-refractivity contribution < 1.29 is 14.3 Å². The van der Waals surface area contributed by atoms with Gasteiger partial charge in [-0.2, -0.15) is 0 Å². The van der Waals surface area contributed by atoms with Gasteiger partial charge in [0.25, 0.3) is 0 Å². The standard InChI is InChI=1S/C15H11Cl2NO3/c1-9-2-3-11(7-18-9)15(20)21-8-14(19)10-4-5-12(16)13(17)6-10/h2-7H,8H2,1H3. The molecule has 0 saturated carbocycles. The van der Waals surface area contributed by atoms with Crippen LogP contribution in [-0.2, 0) is 4.74 Å². The summed E-state index contributed by atoms with van der Waals surface area (Å²) in [5, 5.41) is 0.632. The van der Waals surface area contributed by atoms with Crippen LogP contribution in [0.25, 0.3) is 0 Å². The van der Waals surface area contributed by atoms with Gasteiger partial charge in [0.15, 0.2) is 12.4 Å². The zero-order valence-corrected chi connectivity index (χ0v) is 12.6. The average Bonchev–Trinajstić information content (AvgIpc) is 2.48. The minimum atomic E-state index is -0.601. The molecule has 0 bridgehead atoms. The summed E-state index contributed by atoms with van der Waals surface area (Å²) in [4.78, 5) is 27.6. The zero-order valence-electron chi connectivity index (χ0n) is 11.1. The first-order valence-electron chi connectivity index (χ1n) is 6.05. The topological polar surface area (TPSA) is 56.3 Å². The number of carbonyl (C=O) groups is 2. The molecular weight excluding hydrogens is 313 g/mol. The van der Waals surface area contributed by atoms with Crippen LogP contribution >= 0.6 is 23.2 Å². The molecule has 0 saturated heterocycles. The van der Waals surface area contributed by atoms with Crippen molar-refractivity contribution in [2.45, 2.75) is 6.92 Å². The summed E-state index contributed by atoms with van der Waals surface area (Å²) in [7, 11) is 0. The normalized spacial score (nSPS) is 10.2. The first-order valence-corrected chi connectivity index (χ1v) is 6.81. The fourth-order valence-corrected chi connectivity index (χ4v) is 1.85. The lowest BCUT2D eigenvalue weighted by molar-refractivity contribution is 0.0474. The number of nitrogens with zero attached hydrogens (tertiary/aromatic N) is 1. The Bertz CT molecular complexity index is 684. The molecule has 0 amide bonds. The SMILES string of the molecule is Cc1ccc(C(=O)OCC(=O)c2ccc(Cl)c(Cl)c2)cn1. The summed E-state index contributed by atoms with van der Waals surface area (Å²) in [6, 6.07) is 7.76. The van der Waals surface area contributed by atoms with Gasteiger partial charge in [-0.05, 0) is 37.3 Å². The number of halogens is 2. The first kappa shape index (κ1) is 15.5. The third kappa shape index (κ3) is 4.03. The highest BCUT2D eigenvalue weighted by Crippen LogP contribution is 2.22. The van der Waals surface area contributed by atoms with Crippen molar-refractivity contribution in [2.24, 2.45) is 0 Å². The van der Waals surface area contributed by atoms with E-state index in [1.165, 1.54) is 24.4 Å². The number of pyridine rings is 1. The number of rotatable bonds is 4. The van der Waals surface area contributed by atoms with Gasteiger partial charge in [-0.3, -0.25) is 9.78 Å². The maximum atomic E-state index is 11.9. The van der Waals surface area contributed by atoms with E-state index in [0.29, 0.717) is 16.1 Å². The number of ether oxygens (including phenoxy) is 1. The van der Waals surface area contributed by atoms with Crippen molar-refractivity contribution in [3.63, 3.8) is 0 Å². The van der Waals surface area contributed by atoms with E-state index < -0.39 is 5.97 Å². The second-order valence-electron chi connectivity index (χ2n) is 4.32. The Morgan fingerprint density at radius 2 is 1.81 bits per heavy atom. The number of carbonyl (C=O) groups excluding carboxylic acids is 2. The summed E-state index contributed by atoms with van der Waals surface area (Å²) in [5.41, 5.74) is 1.42. The number of aryl methyl sites for hydroxylation is 1. The van der Waals surface area contributed by atoms with E-state index in [0.717, 1.165) is 5.69 Å². The van der Waals surface area contributed by atoms with Crippen molar-refractivity contribution in [1.29, 1.82) is 0 Å². The van der Waals surface area contributed by atoms with Crippen LogP contribution in [0, 0.1) is 6.92 Å². The molecule has 0 spiro atoms. The number of benzene rings is 1. The van der Waals surface area contributed by atoms with Crippen LogP contribution in [0.5, 0.6) is 0 Å². The molecule has 0 unspecified atom stereocenters. The van der Waals surface area contributed by atoms with Crippen molar-refractivity contribution in [3.05, 3.63) is 63.4 Å². The summed E-state index contributed by atoms with van der Waals surface area (Å²) >= 11 is 11.6. The summed E-state index contributed by atoms with van der Waals surface area (Å²) in [6.45, 7) is 1.44. The van der Waals surface area contributed by atoms with Gasteiger partial charge in [-0.1, -0.05) is 23.2 Å². The number of Topliss-reactive ketones (excluding diaryl/α,β-unsaturated/α-hetero) is 1. The molecule has 108 valence electrons. The monoisotopic (exact) mass is 323 g/mol. The van der Waals surface area contributed by atoms with E-state index >= 15 is 0 Å². The zero-order chi connectivity index (χ0) is 15.4. The van der Waals surface area contributed by atoms with Crippen LogP contribution in [-0.4, -0.2) is 23.3 Å². The van der Waals surface area contributed by atoms with Crippen LogP contribution in [0.2, 0.25) is 10.0 Å². The molecule has 0 N–H and O–H groups in total. The highest BCUT2D eigenvalue weighted by Gasteiger charge is 2.13. The Morgan fingerprint density at radius 1 is 1.10 bits per heavy atom. The number of esters is 1. The van der Waals surface area contributed by atoms with Crippen molar-refractivity contribution in [1.82, 2.24) is 4.98 Å². The van der Waals surface area contributed by atoms with E-state index in [2.05, 4.69) is 4.98 Å². The second kappa shape index (κ2) is 6.70. The predicted octanol–water partition coefficient (Wildman–Crippen LogP) is 3.74. The predicted molar refractivity (Wildman–Crippen MR) is 80.0 cm³/mol. The molecule has 2 rings (SSSR count). The molecule has 1 aromatic carbocycles. The van der Waals surface area contributed by atoms with Gasteiger partial charge in [0.1, 0.15) is 0 Å². The molecule has 0 fully saturated rings. The summed E-state index contributed by atoms with van der Waals surface area (Å²) in [5.74, 6) is -0.960. The van der Waals surface area contributed by atoms with Gasteiger partial charge in [0.05, 0.1) is 15.6 Å². The lowest BCUT2D eigenvalue weighted by Gasteiger charge is -2.05. The Labute approximate surface area is 131 Å². The fraction of sp³-hybridized carbons (Fsp3) is 0.133. The van der Waals surface area contributed by atoms with Crippen molar-refractivity contribution >= 4 is 35.0 Å². The van der Waals surface area contributed by atoms with Crippen LogP contribution < -0.4 is 0 Å². The Kier molecular flexibility index (Phi) is 4.94. The van der Waals surface area contributed by atoms with Crippen LogP contribution in [0.1, 0.15) is 26.4 Å². The molecule has 0 aliphatic heterocycles. The number of aromatic nitrogens is 1. The summed E-state index contributed by atoms with van der Waals surface area (Å²) < 4.78 is 4.95. The lowest BCUT2D eigenvalue weighted by atomic mass is 10.1. The highest BCUT2D eigenvalue weighted by molar-refractivity contribution is 6.42. The molecule has 2 aromatic rings. The van der Waals surface area contributed by atoms with E-state index in [9.17, 15) is 9.59 Å². The number of hydrogen-bond acceptors (Lipinski definition) is 4. The molecule has 0 aliphatic rings. The average molecular weight is 324 g/mol. The lowest BCUT2D eigenvalue weighted by Crippen LogP contribution is -2.14. The van der Waals surface area contributed by atoms with Crippen molar-refractivity contribution in [2.75, 3.05) is 6.61 Å². The van der Waals surface area contributed by atoms with Crippen LogP contribution in [0.4, 0.5) is 0 Å². The molecule has 0 atom stereocenters. The molecular formula is C15H11Cl2NO3. The highest BCUT2D eigenvalue weighted by atomic mass is 35.5. The number of hydrogen-bond donors (Lipinski definition) is 0. The van der Waals surface area contributed by atoms with E-state index in [4.69, 9.17) is 27.9 Å². The fourth-order valence-electron chi connectivity index (χ4n) is 1.56. The van der Waals surface area contributed by atoms with Crippen molar-refractivity contribution in [3.8, 4) is 0 Å². The molecule has 0 aliphatic carbocycles. The first-order chi connectivity index (χ1) is 9.97. The summed E-state index contributed by atoms with van der Waals surface area (Å²) in [6.07, 6.45) is 1.40. The van der Waals surface area contributed by atoms with Gasteiger partial charge in [-0.25, -0.2) is 4.79 Å². The third-order valence-corrected chi connectivity index (χ3v) is 3.46. The van der Waals surface area contributed by atoms with Gasteiger partial charge in [0.2, 0.25) is 0 Å². The largest absolute Gasteiger partial charge is 0.454 e. The van der Waals surface area contributed by atoms with Gasteiger partial charge >= 0.3 is 5.97 Å². The minimum Gasteiger partial charge on any atom is -0.454 e. The van der Waals surface area contributed by atoms with Crippen LogP contribution in [0.3, 0.4) is 0 Å². The van der Waals surface area contributed by atoms with Crippen LogP contribution in [0.15, 0.2) is 36.5 Å². The molecule has 4 nitrogen and oxygen atoms in total. The Morgan fingerprint density at radius 3 is 2.43 bits per heavy atom. The quantitative estimate of drug-likeness (QED) is 0.635. The molecule has 0 radical (unpaired) electrons. The maximum Gasteiger partial charge on any atom is 0.340 e. The Balaban J connectivity index is 1.98. The van der Waals surface area contributed by atoms with Gasteiger partial charge in [0, 0.05) is 17.5 Å². The second-order valence-corrected chi connectivity index (χ2v) is 5.13. The van der Waals surface area contributed by atoms with Gasteiger partial charge in [-0.15, -0.1) is 0 Å². The van der Waals surface area contributed by atoms with E-state index in [-0.39, 0.29) is 17.4 Å². The Hall–Kier alpha value is -1.91. The minimum absolute atomic E-state index is 0.275. The molecule has 1 heterocycles. The smallest absolute Gasteiger partial charge is 0.340 e. The number of ketones is 1. The van der Waals surface area contributed by atoms with Gasteiger partial charge < -0.3 is 4.74 Å². The molecule has 21 heavy (non-hydrogen) atoms. The molecule has 6 heteroatoms. The van der Waals surface area contributed by atoms with E-state index in [1.807, 2.05) is 6.92 Å². The maximum absolute atomic E-state index is 11.9. The van der Waals surface area contributed by atoms with E-state index in [1.54, 1.807) is 12.1 Å².